The summed E-state index contributed by atoms with van der Waals surface area (Å²) in [6, 6.07) is 11.7. The fraction of sp³-hybridized carbons (Fsp3) is 0.111. The third-order valence-electron chi connectivity index (χ3n) is 3.59. The molecule has 0 saturated carbocycles. The van der Waals surface area contributed by atoms with E-state index in [1.165, 1.54) is 13.1 Å². The summed E-state index contributed by atoms with van der Waals surface area (Å²) in [5, 5.41) is -0.319. The summed E-state index contributed by atoms with van der Waals surface area (Å²) in [7, 11) is 1.44. The van der Waals surface area contributed by atoms with Crippen LogP contribution in [0.1, 0.15) is 11.1 Å². The second-order valence-electron chi connectivity index (χ2n) is 5.30. The van der Waals surface area contributed by atoms with Crippen LogP contribution in [0.3, 0.4) is 0 Å². The highest BCUT2D eigenvalue weighted by atomic mass is 79.9. The Labute approximate surface area is 156 Å². The number of hydrogen-bond acceptors (Lipinski definition) is 4. The number of thioether (sulfide) groups is 1. The lowest BCUT2D eigenvalue weighted by Gasteiger charge is -2.11. The molecule has 1 heterocycles. The van der Waals surface area contributed by atoms with Crippen molar-refractivity contribution in [1.29, 1.82) is 0 Å². The minimum atomic E-state index is -0.352. The molecule has 0 spiro atoms. The van der Waals surface area contributed by atoms with Crippen molar-refractivity contribution in [2.75, 3.05) is 7.05 Å². The van der Waals surface area contributed by atoms with Crippen LogP contribution in [0.15, 0.2) is 51.8 Å². The molecule has 0 aliphatic carbocycles. The van der Waals surface area contributed by atoms with Crippen LogP contribution >= 0.6 is 27.7 Å². The normalized spacial score (nSPS) is 16.0. The van der Waals surface area contributed by atoms with E-state index in [0.29, 0.717) is 21.8 Å². The summed E-state index contributed by atoms with van der Waals surface area (Å²) in [6.07, 6.45) is 1.61. The van der Waals surface area contributed by atoms with Gasteiger partial charge in [0.1, 0.15) is 18.2 Å². The van der Waals surface area contributed by atoms with Gasteiger partial charge in [-0.25, -0.2) is 4.39 Å². The van der Waals surface area contributed by atoms with Gasteiger partial charge in [0.15, 0.2) is 0 Å². The summed E-state index contributed by atoms with van der Waals surface area (Å²) in [5.41, 5.74) is 1.06. The van der Waals surface area contributed by atoms with Crippen LogP contribution in [0.2, 0.25) is 0 Å². The van der Waals surface area contributed by atoms with E-state index in [9.17, 15) is 14.0 Å². The third-order valence-corrected chi connectivity index (χ3v) is 5.04. The van der Waals surface area contributed by atoms with Gasteiger partial charge >= 0.3 is 0 Å². The van der Waals surface area contributed by atoms with E-state index < -0.39 is 0 Å². The predicted molar refractivity (Wildman–Crippen MR) is 98.6 cm³/mol. The molecule has 1 aliphatic rings. The first-order valence-corrected chi connectivity index (χ1v) is 8.94. The van der Waals surface area contributed by atoms with Crippen LogP contribution in [-0.4, -0.2) is 23.1 Å². The molecule has 128 valence electrons. The van der Waals surface area contributed by atoms with Crippen molar-refractivity contribution in [1.82, 2.24) is 4.90 Å². The van der Waals surface area contributed by atoms with Crippen LogP contribution in [0, 0.1) is 5.82 Å². The molecule has 0 bridgehead atoms. The van der Waals surface area contributed by atoms with Crippen molar-refractivity contribution in [3.8, 4) is 5.75 Å². The van der Waals surface area contributed by atoms with E-state index in [2.05, 4.69) is 15.9 Å². The Morgan fingerprint density at radius 3 is 2.68 bits per heavy atom. The van der Waals surface area contributed by atoms with Crippen LogP contribution < -0.4 is 4.74 Å². The number of amides is 2. The van der Waals surface area contributed by atoms with Crippen molar-refractivity contribution < 1.29 is 18.7 Å². The molecule has 2 aromatic carbocycles. The second-order valence-corrected chi connectivity index (χ2v) is 7.21. The quantitative estimate of drug-likeness (QED) is 0.663. The molecule has 2 aromatic rings. The number of imide groups is 1. The number of rotatable bonds is 4. The number of nitrogens with zero attached hydrogens (tertiary/aromatic N) is 1. The molecule has 1 saturated heterocycles. The molecule has 1 fully saturated rings. The van der Waals surface area contributed by atoms with E-state index in [-0.39, 0.29) is 23.6 Å². The van der Waals surface area contributed by atoms with Gasteiger partial charge in [0.2, 0.25) is 0 Å². The largest absolute Gasteiger partial charge is 0.488 e. The number of ether oxygens (including phenoxy) is 1. The lowest BCUT2D eigenvalue weighted by molar-refractivity contribution is -0.121. The lowest BCUT2D eigenvalue weighted by Crippen LogP contribution is -2.22. The van der Waals surface area contributed by atoms with Gasteiger partial charge in [-0.15, -0.1) is 0 Å². The highest BCUT2D eigenvalue weighted by Crippen LogP contribution is 2.34. The zero-order valence-electron chi connectivity index (χ0n) is 13.2. The average molecular weight is 422 g/mol. The molecule has 3 rings (SSSR count). The first-order chi connectivity index (χ1) is 12.0. The van der Waals surface area contributed by atoms with Crippen LogP contribution in [0.4, 0.5) is 9.18 Å². The number of carbonyl (C=O) groups is 2. The standard InChI is InChI=1S/C18H13BrFNO3S/c1-21-17(22)16(25-18(21)23)9-12-8-13(19)6-7-15(12)24-10-11-4-2-3-5-14(11)20/h2-9H,10H2,1H3/b16-9+. The fourth-order valence-corrected chi connectivity index (χ4v) is 3.42. The number of benzene rings is 2. The zero-order valence-corrected chi connectivity index (χ0v) is 15.6. The maximum atomic E-state index is 13.7. The minimum absolute atomic E-state index is 0.0599. The van der Waals surface area contributed by atoms with Crippen molar-refractivity contribution in [2.45, 2.75) is 6.61 Å². The number of hydrogen-bond donors (Lipinski definition) is 0. The molecule has 0 unspecified atom stereocenters. The van der Waals surface area contributed by atoms with Gasteiger partial charge in [-0.2, -0.15) is 0 Å². The smallest absolute Gasteiger partial charge is 0.293 e. The average Bonchev–Trinajstić information content (AvgIpc) is 2.82. The molecule has 1 aliphatic heterocycles. The van der Waals surface area contributed by atoms with E-state index >= 15 is 0 Å². The monoisotopic (exact) mass is 421 g/mol. The van der Waals surface area contributed by atoms with E-state index in [0.717, 1.165) is 21.1 Å². The van der Waals surface area contributed by atoms with Crippen LogP contribution in [-0.2, 0) is 11.4 Å². The minimum Gasteiger partial charge on any atom is -0.488 e. The Morgan fingerprint density at radius 2 is 2.00 bits per heavy atom. The second kappa shape index (κ2) is 7.41. The maximum absolute atomic E-state index is 13.7. The fourth-order valence-electron chi connectivity index (χ4n) is 2.22. The third kappa shape index (κ3) is 3.93. The van der Waals surface area contributed by atoms with Gasteiger partial charge in [-0.1, -0.05) is 34.1 Å². The van der Waals surface area contributed by atoms with Crippen molar-refractivity contribution in [2.24, 2.45) is 0 Å². The topological polar surface area (TPSA) is 46.6 Å². The molecule has 0 radical (unpaired) electrons. The number of halogens is 2. The van der Waals surface area contributed by atoms with Gasteiger partial charge in [0.05, 0.1) is 4.91 Å². The Morgan fingerprint density at radius 1 is 1.24 bits per heavy atom. The Hall–Kier alpha value is -2.12. The molecule has 0 atom stereocenters. The summed E-state index contributed by atoms with van der Waals surface area (Å²) >= 11 is 4.25. The number of carbonyl (C=O) groups excluding carboxylic acids is 2. The Bertz CT molecular complexity index is 884. The predicted octanol–water partition coefficient (Wildman–Crippen LogP) is 4.83. The van der Waals surface area contributed by atoms with Gasteiger partial charge < -0.3 is 4.74 Å². The van der Waals surface area contributed by atoms with Crippen molar-refractivity contribution in [3.05, 3.63) is 68.8 Å². The van der Waals surface area contributed by atoms with Gasteiger partial charge in [0, 0.05) is 22.6 Å². The van der Waals surface area contributed by atoms with E-state index in [1.807, 2.05) is 0 Å². The number of likely N-dealkylation sites (N-methyl/N-ethyl adjacent to an activating group) is 1. The molecule has 4 nitrogen and oxygen atoms in total. The summed E-state index contributed by atoms with van der Waals surface area (Å²) in [4.78, 5) is 25.1. The lowest BCUT2D eigenvalue weighted by atomic mass is 10.1. The maximum Gasteiger partial charge on any atom is 0.293 e. The SMILES string of the molecule is CN1C(=O)S/C(=C/c2cc(Br)ccc2OCc2ccccc2F)C1=O. The Balaban J connectivity index is 1.88. The van der Waals surface area contributed by atoms with Gasteiger partial charge in [-0.05, 0) is 42.1 Å². The van der Waals surface area contributed by atoms with E-state index in [4.69, 9.17) is 4.74 Å². The van der Waals surface area contributed by atoms with Crippen LogP contribution in [0.5, 0.6) is 5.75 Å². The van der Waals surface area contributed by atoms with E-state index in [1.54, 1.807) is 42.5 Å². The molecule has 0 aromatic heterocycles. The molecule has 7 heteroatoms. The van der Waals surface area contributed by atoms with Crippen molar-refractivity contribution in [3.63, 3.8) is 0 Å². The van der Waals surface area contributed by atoms with Crippen molar-refractivity contribution >= 4 is 44.9 Å². The Kier molecular flexibility index (Phi) is 5.24. The van der Waals surface area contributed by atoms with Crippen LogP contribution in [0.25, 0.3) is 6.08 Å². The molecule has 25 heavy (non-hydrogen) atoms. The molecular weight excluding hydrogens is 409 g/mol. The van der Waals surface area contributed by atoms with Gasteiger partial charge in [0.25, 0.3) is 11.1 Å². The molecule has 0 N–H and O–H groups in total. The summed E-state index contributed by atoms with van der Waals surface area (Å²) < 4.78 is 20.3. The summed E-state index contributed by atoms with van der Waals surface area (Å²) in [5.74, 6) is -0.197. The molecular formula is C18H13BrFNO3S. The summed E-state index contributed by atoms with van der Waals surface area (Å²) in [6.45, 7) is 0.0599. The first-order valence-electron chi connectivity index (χ1n) is 7.33. The first kappa shape index (κ1) is 17.7. The highest BCUT2D eigenvalue weighted by molar-refractivity contribution is 9.10. The van der Waals surface area contributed by atoms with Gasteiger partial charge in [-0.3, -0.25) is 14.5 Å². The zero-order chi connectivity index (χ0) is 18.0. The highest BCUT2D eigenvalue weighted by Gasteiger charge is 2.32. The molecule has 2 amide bonds.